The molecule has 1 aromatic heterocycles. The number of amides is 2. The zero-order chi connectivity index (χ0) is 16.8. The Hall–Kier alpha value is -3.34. The Morgan fingerprint density at radius 1 is 0.792 bits per heavy atom. The van der Waals surface area contributed by atoms with Gasteiger partial charge in [0.15, 0.2) is 0 Å². The second kappa shape index (κ2) is 7.28. The predicted octanol–water partition coefficient (Wildman–Crippen LogP) is 3.20. The molecule has 1 heterocycles. The van der Waals surface area contributed by atoms with Gasteiger partial charge in [0.05, 0.1) is 0 Å². The fourth-order valence-corrected chi connectivity index (χ4v) is 2.26. The molecule has 0 radical (unpaired) electrons. The third-order valence-electron chi connectivity index (χ3n) is 3.51. The molecule has 2 amide bonds. The summed E-state index contributed by atoms with van der Waals surface area (Å²) in [6.45, 7) is 0.449. The van der Waals surface area contributed by atoms with Crippen LogP contribution < -0.4 is 10.6 Å². The maximum Gasteiger partial charge on any atom is 0.268 e. The second-order valence-electron chi connectivity index (χ2n) is 5.27. The molecule has 0 spiro atoms. The van der Waals surface area contributed by atoms with Crippen molar-refractivity contribution < 1.29 is 9.59 Å². The summed E-state index contributed by atoms with van der Waals surface area (Å²) in [5.74, 6) is 0.0291. The molecule has 5 nitrogen and oxygen atoms in total. The van der Waals surface area contributed by atoms with Crippen molar-refractivity contribution in [2.45, 2.75) is 6.54 Å². The molecule has 0 saturated carbocycles. The first-order valence-electron chi connectivity index (χ1n) is 7.60. The lowest BCUT2D eigenvalue weighted by atomic mass is 10.2. The van der Waals surface area contributed by atoms with Gasteiger partial charge < -0.3 is 15.6 Å². The molecule has 0 atom stereocenters. The number of hydrogen-bond acceptors (Lipinski definition) is 2. The lowest BCUT2D eigenvalue weighted by molar-refractivity contribution is 0.0945. The quantitative estimate of drug-likeness (QED) is 0.675. The zero-order valence-corrected chi connectivity index (χ0v) is 13.0. The van der Waals surface area contributed by atoms with Crippen molar-refractivity contribution in [3.05, 3.63) is 89.6 Å². The Balaban J connectivity index is 1.58. The van der Waals surface area contributed by atoms with Crippen molar-refractivity contribution in [3.8, 4) is 0 Å². The molecule has 3 N–H and O–H groups in total. The van der Waals surface area contributed by atoms with Gasteiger partial charge in [-0.1, -0.05) is 48.5 Å². The highest BCUT2D eigenvalue weighted by atomic mass is 16.2. The molecule has 3 rings (SSSR count). The van der Waals surface area contributed by atoms with Crippen molar-refractivity contribution in [1.82, 2.24) is 10.3 Å². The summed E-state index contributed by atoms with van der Waals surface area (Å²) in [7, 11) is 0. The highest BCUT2D eigenvalue weighted by molar-refractivity contribution is 6.04. The molecule has 0 unspecified atom stereocenters. The fraction of sp³-hybridized carbons (Fsp3) is 0.0526. The highest BCUT2D eigenvalue weighted by Gasteiger charge is 2.10. The van der Waals surface area contributed by atoms with Crippen molar-refractivity contribution in [1.29, 1.82) is 0 Å². The Kier molecular flexibility index (Phi) is 4.72. The summed E-state index contributed by atoms with van der Waals surface area (Å²) in [5.41, 5.74) is 1.98. The molecule has 2 aromatic carbocycles. The summed E-state index contributed by atoms with van der Waals surface area (Å²) in [6.07, 6.45) is 0. The van der Waals surface area contributed by atoms with E-state index < -0.39 is 0 Å². The molecular weight excluding hydrogens is 302 g/mol. The van der Waals surface area contributed by atoms with E-state index in [9.17, 15) is 9.59 Å². The Morgan fingerprint density at radius 2 is 1.46 bits per heavy atom. The number of nitrogens with one attached hydrogen (secondary N) is 3. The maximum absolute atomic E-state index is 12.1. The number of carbonyl (C=O) groups excluding carboxylic acids is 2. The number of hydrogen-bond donors (Lipinski definition) is 3. The van der Waals surface area contributed by atoms with Gasteiger partial charge in [0, 0.05) is 12.1 Å². The van der Waals surface area contributed by atoms with E-state index in [1.807, 2.05) is 36.4 Å². The molecule has 0 saturated heterocycles. The van der Waals surface area contributed by atoms with Crippen molar-refractivity contribution in [2.24, 2.45) is 0 Å². The fourth-order valence-electron chi connectivity index (χ4n) is 2.26. The van der Waals surface area contributed by atoms with Crippen molar-refractivity contribution in [3.63, 3.8) is 0 Å². The monoisotopic (exact) mass is 319 g/mol. The van der Waals surface area contributed by atoms with Crippen LogP contribution in [0, 0.1) is 0 Å². The van der Waals surface area contributed by atoms with E-state index >= 15 is 0 Å². The average molecular weight is 319 g/mol. The number of carbonyl (C=O) groups is 2. The molecule has 5 heteroatoms. The summed E-state index contributed by atoms with van der Waals surface area (Å²) in [5, 5.41) is 5.56. The van der Waals surface area contributed by atoms with Crippen LogP contribution >= 0.6 is 0 Å². The molecular formula is C19H17N3O2. The van der Waals surface area contributed by atoms with Gasteiger partial charge in [-0.2, -0.15) is 0 Å². The van der Waals surface area contributed by atoms with Crippen LogP contribution in [-0.2, 0) is 6.54 Å². The predicted molar refractivity (Wildman–Crippen MR) is 92.8 cm³/mol. The molecule has 3 aromatic rings. The topological polar surface area (TPSA) is 74.0 Å². The largest absolute Gasteiger partial charge is 0.347 e. The van der Waals surface area contributed by atoms with Gasteiger partial charge in [-0.25, -0.2) is 0 Å². The van der Waals surface area contributed by atoms with Gasteiger partial charge in [0.1, 0.15) is 11.5 Å². The van der Waals surface area contributed by atoms with Crippen LogP contribution in [0.15, 0.2) is 72.8 Å². The Morgan fingerprint density at radius 3 is 2.17 bits per heavy atom. The third kappa shape index (κ3) is 3.89. The minimum Gasteiger partial charge on any atom is -0.347 e. The summed E-state index contributed by atoms with van der Waals surface area (Å²) < 4.78 is 0. The van der Waals surface area contributed by atoms with E-state index in [0.29, 0.717) is 23.6 Å². The molecule has 0 bridgehead atoms. The van der Waals surface area contributed by atoms with Crippen LogP contribution in [0.2, 0.25) is 0 Å². The maximum atomic E-state index is 12.1. The highest BCUT2D eigenvalue weighted by Crippen LogP contribution is 2.10. The van der Waals surface area contributed by atoms with Crippen LogP contribution in [-0.4, -0.2) is 16.8 Å². The van der Waals surface area contributed by atoms with E-state index in [1.165, 1.54) is 0 Å². The van der Waals surface area contributed by atoms with Gasteiger partial charge >= 0.3 is 0 Å². The van der Waals surface area contributed by atoms with Crippen molar-refractivity contribution >= 4 is 17.6 Å². The normalized spacial score (nSPS) is 10.2. The first-order valence-corrected chi connectivity index (χ1v) is 7.60. The lowest BCUT2D eigenvalue weighted by Crippen LogP contribution is -2.23. The van der Waals surface area contributed by atoms with E-state index in [4.69, 9.17) is 0 Å². The van der Waals surface area contributed by atoms with Crippen LogP contribution in [0.3, 0.4) is 0 Å². The van der Waals surface area contributed by atoms with Crippen LogP contribution in [0.5, 0.6) is 0 Å². The number of H-pyrrole nitrogens is 1. The van der Waals surface area contributed by atoms with Crippen LogP contribution in [0.25, 0.3) is 0 Å². The van der Waals surface area contributed by atoms with E-state index in [2.05, 4.69) is 15.6 Å². The number of rotatable bonds is 5. The van der Waals surface area contributed by atoms with E-state index in [1.54, 1.807) is 36.4 Å². The molecule has 24 heavy (non-hydrogen) atoms. The number of aromatic nitrogens is 1. The molecule has 0 aliphatic rings. The van der Waals surface area contributed by atoms with Gasteiger partial charge in [-0.3, -0.25) is 9.59 Å². The SMILES string of the molecule is O=C(Nc1ccc(C(=O)NCc2ccccc2)[nH]1)c1ccccc1. The standard InChI is InChI=1S/C19H17N3O2/c23-18(15-9-5-2-6-10-15)22-17-12-11-16(21-17)19(24)20-13-14-7-3-1-4-8-14/h1-12,21H,13H2,(H,20,24)(H,22,23). The van der Waals surface area contributed by atoms with Gasteiger partial charge in [-0.05, 0) is 29.8 Å². The van der Waals surface area contributed by atoms with Gasteiger partial charge in [0.2, 0.25) is 0 Å². The summed E-state index contributed by atoms with van der Waals surface area (Å²) >= 11 is 0. The number of anilines is 1. The molecule has 0 fully saturated rings. The number of benzene rings is 2. The van der Waals surface area contributed by atoms with Gasteiger partial charge in [-0.15, -0.1) is 0 Å². The second-order valence-corrected chi connectivity index (χ2v) is 5.27. The average Bonchev–Trinajstić information content (AvgIpc) is 3.10. The van der Waals surface area contributed by atoms with E-state index in [0.717, 1.165) is 5.56 Å². The van der Waals surface area contributed by atoms with Gasteiger partial charge in [0.25, 0.3) is 11.8 Å². The van der Waals surface area contributed by atoms with Crippen molar-refractivity contribution in [2.75, 3.05) is 5.32 Å². The Bertz CT molecular complexity index is 826. The minimum atomic E-state index is -0.228. The first-order chi connectivity index (χ1) is 11.7. The molecule has 0 aliphatic carbocycles. The van der Waals surface area contributed by atoms with E-state index in [-0.39, 0.29) is 11.8 Å². The summed E-state index contributed by atoms with van der Waals surface area (Å²) in [4.78, 5) is 27.1. The third-order valence-corrected chi connectivity index (χ3v) is 3.51. The van der Waals surface area contributed by atoms with Crippen LogP contribution in [0.1, 0.15) is 26.4 Å². The van der Waals surface area contributed by atoms with Crippen LogP contribution in [0.4, 0.5) is 5.82 Å². The summed E-state index contributed by atoms with van der Waals surface area (Å²) in [6, 6.07) is 21.9. The number of aromatic amines is 1. The Labute approximate surface area is 139 Å². The zero-order valence-electron chi connectivity index (χ0n) is 13.0. The lowest BCUT2D eigenvalue weighted by Gasteiger charge is -2.04. The smallest absolute Gasteiger partial charge is 0.268 e. The first kappa shape index (κ1) is 15.6. The molecule has 0 aliphatic heterocycles. The minimum absolute atomic E-state index is 0.223. The molecule has 120 valence electrons.